The standard InChI is InChI=1S/C20H29N5.HI/c1-17(25(3)16-18-9-5-4-6-10-18)12-14-23-20(21-2)24-15-19-11-7-8-13-22-19;/h4-11,13,17H,12,14-16H2,1-3H3,(H2,21,23,24);1H. The summed E-state index contributed by atoms with van der Waals surface area (Å²) in [5.41, 5.74) is 2.35. The number of hydrogen-bond acceptors (Lipinski definition) is 3. The third-order valence-electron chi connectivity index (χ3n) is 4.27. The van der Waals surface area contributed by atoms with Crippen LogP contribution in [0.3, 0.4) is 0 Å². The van der Waals surface area contributed by atoms with Crippen LogP contribution in [0.15, 0.2) is 59.7 Å². The molecule has 2 aromatic rings. The minimum Gasteiger partial charge on any atom is -0.356 e. The smallest absolute Gasteiger partial charge is 0.191 e. The molecule has 1 aromatic heterocycles. The van der Waals surface area contributed by atoms with Gasteiger partial charge in [-0.25, -0.2) is 0 Å². The van der Waals surface area contributed by atoms with E-state index >= 15 is 0 Å². The van der Waals surface area contributed by atoms with E-state index in [2.05, 4.69) is 69.8 Å². The summed E-state index contributed by atoms with van der Waals surface area (Å²) in [7, 11) is 3.96. The number of rotatable bonds is 8. The van der Waals surface area contributed by atoms with Crippen LogP contribution in [0.5, 0.6) is 0 Å². The highest BCUT2D eigenvalue weighted by molar-refractivity contribution is 14.0. The van der Waals surface area contributed by atoms with Crippen molar-refractivity contribution in [3.63, 3.8) is 0 Å². The molecule has 0 amide bonds. The third-order valence-corrected chi connectivity index (χ3v) is 4.27. The van der Waals surface area contributed by atoms with E-state index in [1.807, 2.05) is 18.2 Å². The molecule has 1 unspecified atom stereocenters. The second-order valence-electron chi connectivity index (χ2n) is 6.21. The van der Waals surface area contributed by atoms with Crippen LogP contribution < -0.4 is 10.6 Å². The fourth-order valence-corrected chi connectivity index (χ4v) is 2.54. The van der Waals surface area contributed by atoms with Crippen LogP contribution in [0.4, 0.5) is 0 Å². The molecule has 0 aliphatic rings. The molecule has 26 heavy (non-hydrogen) atoms. The normalized spacial score (nSPS) is 12.4. The molecule has 1 heterocycles. The lowest BCUT2D eigenvalue weighted by Gasteiger charge is -2.25. The molecule has 5 nitrogen and oxygen atoms in total. The SMILES string of the molecule is CN=C(NCCC(C)N(C)Cc1ccccc1)NCc1ccccn1.I. The number of benzene rings is 1. The van der Waals surface area contributed by atoms with E-state index in [0.29, 0.717) is 12.6 Å². The van der Waals surface area contributed by atoms with Crippen molar-refractivity contribution < 1.29 is 0 Å². The first-order valence-corrected chi connectivity index (χ1v) is 8.77. The molecule has 0 aliphatic carbocycles. The van der Waals surface area contributed by atoms with Crippen LogP contribution in [-0.2, 0) is 13.1 Å². The van der Waals surface area contributed by atoms with Crippen LogP contribution in [-0.4, -0.2) is 42.5 Å². The molecule has 0 spiro atoms. The minimum absolute atomic E-state index is 0. The van der Waals surface area contributed by atoms with Gasteiger partial charge in [-0.3, -0.25) is 14.9 Å². The molecule has 0 aliphatic heterocycles. The highest BCUT2D eigenvalue weighted by Gasteiger charge is 2.09. The number of nitrogens with zero attached hydrogens (tertiary/aromatic N) is 3. The molecule has 6 heteroatoms. The molecule has 0 saturated carbocycles. The number of aromatic nitrogens is 1. The van der Waals surface area contributed by atoms with Crippen molar-refractivity contribution in [1.29, 1.82) is 0 Å². The molecule has 142 valence electrons. The van der Waals surface area contributed by atoms with Crippen molar-refractivity contribution in [1.82, 2.24) is 20.5 Å². The zero-order valence-electron chi connectivity index (χ0n) is 15.9. The zero-order valence-corrected chi connectivity index (χ0v) is 18.2. The maximum absolute atomic E-state index is 4.30. The minimum atomic E-state index is 0. The van der Waals surface area contributed by atoms with E-state index in [-0.39, 0.29) is 24.0 Å². The van der Waals surface area contributed by atoms with E-state index in [1.165, 1.54) is 5.56 Å². The Labute approximate surface area is 174 Å². The molecule has 0 radical (unpaired) electrons. The first kappa shape index (κ1) is 22.4. The Bertz CT molecular complexity index is 633. The zero-order chi connectivity index (χ0) is 17.9. The quantitative estimate of drug-likeness (QED) is 0.356. The summed E-state index contributed by atoms with van der Waals surface area (Å²) in [4.78, 5) is 10.9. The highest BCUT2D eigenvalue weighted by atomic mass is 127. The molecule has 0 bridgehead atoms. The van der Waals surface area contributed by atoms with Crippen LogP contribution >= 0.6 is 24.0 Å². The first-order chi connectivity index (χ1) is 12.2. The predicted octanol–water partition coefficient (Wildman–Crippen LogP) is 3.28. The van der Waals surface area contributed by atoms with Gasteiger partial charge in [-0.05, 0) is 38.1 Å². The summed E-state index contributed by atoms with van der Waals surface area (Å²) in [6.07, 6.45) is 2.85. The van der Waals surface area contributed by atoms with Gasteiger partial charge in [0.05, 0.1) is 12.2 Å². The first-order valence-electron chi connectivity index (χ1n) is 8.77. The lowest BCUT2D eigenvalue weighted by molar-refractivity contribution is 0.238. The predicted molar refractivity (Wildman–Crippen MR) is 120 cm³/mol. The van der Waals surface area contributed by atoms with Gasteiger partial charge in [-0.15, -0.1) is 24.0 Å². The molecule has 0 saturated heterocycles. The second-order valence-corrected chi connectivity index (χ2v) is 6.21. The summed E-state index contributed by atoms with van der Waals surface area (Å²) in [6.45, 7) is 4.77. The molecular weight excluding hydrogens is 437 g/mol. The largest absolute Gasteiger partial charge is 0.356 e. The number of guanidine groups is 1. The van der Waals surface area contributed by atoms with Crippen LogP contribution in [0.2, 0.25) is 0 Å². The molecular formula is C20H30IN5. The number of aliphatic imine (C=N–C) groups is 1. The average molecular weight is 467 g/mol. The van der Waals surface area contributed by atoms with Gasteiger partial charge < -0.3 is 10.6 Å². The van der Waals surface area contributed by atoms with Crippen molar-refractivity contribution in [3.8, 4) is 0 Å². The number of pyridine rings is 1. The van der Waals surface area contributed by atoms with Gasteiger partial charge in [0.2, 0.25) is 0 Å². The lowest BCUT2D eigenvalue weighted by Crippen LogP contribution is -2.39. The van der Waals surface area contributed by atoms with Gasteiger partial charge in [0.15, 0.2) is 5.96 Å². The van der Waals surface area contributed by atoms with Crippen molar-refractivity contribution >= 4 is 29.9 Å². The maximum Gasteiger partial charge on any atom is 0.191 e. The fourth-order valence-electron chi connectivity index (χ4n) is 2.54. The molecule has 0 fully saturated rings. The summed E-state index contributed by atoms with van der Waals surface area (Å²) in [5.74, 6) is 0.809. The summed E-state index contributed by atoms with van der Waals surface area (Å²) >= 11 is 0. The second kappa shape index (κ2) is 12.6. The van der Waals surface area contributed by atoms with Crippen molar-refractivity contribution in [2.45, 2.75) is 32.5 Å². The van der Waals surface area contributed by atoms with Crippen molar-refractivity contribution in [2.24, 2.45) is 4.99 Å². The Hall–Kier alpha value is -1.67. The van der Waals surface area contributed by atoms with E-state index in [4.69, 9.17) is 0 Å². The average Bonchev–Trinajstić information content (AvgIpc) is 2.66. The number of nitrogens with one attached hydrogen (secondary N) is 2. The van der Waals surface area contributed by atoms with Gasteiger partial charge in [-0.1, -0.05) is 36.4 Å². The Kier molecular flexibility index (Phi) is 10.9. The van der Waals surface area contributed by atoms with Gasteiger partial charge in [-0.2, -0.15) is 0 Å². The lowest BCUT2D eigenvalue weighted by atomic mass is 10.1. The van der Waals surface area contributed by atoms with Crippen LogP contribution in [0.1, 0.15) is 24.6 Å². The molecule has 1 aromatic carbocycles. The number of hydrogen-bond donors (Lipinski definition) is 2. The van der Waals surface area contributed by atoms with Gasteiger partial charge in [0.1, 0.15) is 0 Å². The van der Waals surface area contributed by atoms with E-state index in [0.717, 1.165) is 31.2 Å². The summed E-state index contributed by atoms with van der Waals surface area (Å²) in [5, 5.41) is 6.67. The Morgan fingerprint density at radius 3 is 2.50 bits per heavy atom. The van der Waals surface area contributed by atoms with E-state index < -0.39 is 0 Å². The number of halogens is 1. The molecule has 2 N–H and O–H groups in total. The van der Waals surface area contributed by atoms with Crippen LogP contribution in [0, 0.1) is 0 Å². The van der Waals surface area contributed by atoms with Crippen molar-refractivity contribution in [2.75, 3.05) is 20.6 Å². The Balaban J connectivity index is 0.00000338. The highest BCUT2D eigenvalue weighted by Crippen LogP contribution is 2.07. The van der Waals surface area contributed by atoms with Crippen LogP contribution in [0.25, 0.3) is 0 Å². The van der Waals surface area contributed by atoms with E-state index in [9.17, 15) is 0 Å². The molecule has 1 atom stereocenters. The fraction of sp³-hybridized carbons (Fsp3) is 0.400. The van der Waals surface area contributed by atoms with E-state index in [1.54, 1.807) is 13.2 Å². The maximum atomic E-state index is 4.30. The van der Waals surface area contributed by atoms with Crippen molar-refractivity contribution in [3.05, 3.63) is 66.0 Å². The summed E-state index contributed by atoms with van der Waals surface area (Å²) in [6, 6.07) is 17.0. The monoisotopic (exact) mass is 467 g/mol. The van der Waals surface area contributed by atoms with Gasteiger partial charge in [0, 0.05) is 32.4 Å². The third kappa shape index (κ3) is 8.14. The molecule has 2 rings (SSSR count). The Morgan fingerprint density at radius 2 is 1.85 bits per heavy atom. The Morgan fingerprint density at radius 1 is 1.12 bits per heavy atom. The van der Waals surface area contributed by atoms with Gasteiger partial charge >= 0.3 is 0 Å². The topological polar surface area (TPSA) is 52.6 Å². The summed E-state index contributed by atoms with van der Waals surface area (Å²) < 4.78 is 0. The van der Waals surface area contributed by atoms with Gasteiger partial charge in [0.25, 0.3) is 0 Å².